The third-order valence-corrected chi connectivity index (χ3v) is 2.21. The van der Waals surface area contributed by atoms with Crippen LogP contribution in [0.15, 0.2) is 18.5 Å². The van der Waals surface area contributed by atoms with E-state index in [9.17, 15) is 0 Å². The van der Waals surface area contributed by atoms with Crippen molar-refractivity contribution in [2.24, 2.45) is 5.73 Å². The third kappa shape index (κ3) is 2.12. The van der Waals surface area contributed by atoms with Crippen LogP contribution in [-0.4, -0.2) is 24.7 Å². The standard InChI is InChI=1S/C8H9IN6/c1-5(10)6-13-7(9)14-15(6)8-11-3-2-4-12-8/h2-5H,10H2,1H3. The van der Waals surface area contributed by atoms with Crippen LogP contribution in [0.25, 0.3) is 5.95 Å². The van der Waals surface area contributed by atoms with Gasteiger partial charge in [0.1, 0.15) is 0 Å². The molecule has 78 valence electrons. The minimum absolute atomic E-state index is 0.204. The highest BCUT2D eigenvalue weighted by molar-refractivity contribution is 14.1. The van der Waals surface area contributed by atoms with Crippen LogP contribution >= 0.6 is 22.6 Å². The van der Waals surface area contributed by atoms with E-state index in [1.807, 2.05) is 29.5 Å². The molecular weight excluding hydrogens is 307 g/mol. The van der Waals surface area contributed by atoms with Gasteiger partial charge in [0.2, 0.25) is 3.83 Å². The highest BCUT2D eigenvalue weighted by Gasteiger charge is 2.14. The van der Waals surface area contributed by atoms with Gasteiger partial charge in [0.15, 0.2) is 5.82 Å². The molecule has 15 heavy (non-hydrogen) atoms. The Bertz CT molecular complexity index is 451. The molecule has 0 aliphatic carbocycles. The number of aromatic nitrogens is 5. The van der Waals surface area contributed by atoms with Crippen LogP contribution in [0.2, 0.25) is 0 Å². The smallest absolute Gasteiger partial charge is 0.252 e. The fraction of sp³-hybridized carbons (Fsp3) is 0.250. The zero-order valence-corrected chi connectivity index (χ0v) is 10.2. The highest BCUT2D eigenvalue weighted by atomic mass is 127. The fourth-order valence-electron chi connectivity index (χ4n) is 1.14. The van der Waals surface area contributed by atoms with Crippen molar-refractivity contribution >= 4 is 22.6 Å². The van der Waals surface area contributed by atoms with Gasteiger partial charge >= 0.3 is 0 Å². The molecule has 2 heterocycles. The lowest BCUT2D eigenvalue weighted by Gasteiger charge is -2.05. The van der Waals surface area contributed by atoms with Gasteiger partial charge in [-0.1, -0.05) is 0 Å². The summed E-state index contributed by atoms with van der Waals surface area (Å²) >= 11 is 2.03. The Balaban J connectivity index is 2.53. The molecule has 0 bridgehead atoms. The lowest BCUT2D eigenvalue weighted by atomic mass is 10.3. The number of nitrogens with zero attached hydrogens (tertiary/aromatic N) is 5. The van der Waals surface area contributed by atoms with E-state index < -0.39 is 0 Å². The van der Waals surface area contributed by atoms with E-state index in [1.54, 1.807) is 23.1 Å². The Morgan fingerprint density at radius 3 is 2.67 bits per heavy atom. The van der Waals surface area contributed by atoms with Crippen molar-refractivity contribution < 1.29 is 0 Å². The van der Waals surface area contributed by atoms with Gasteiger partial charge < -0.3 is 5.73 Å². The molecule has 0 saturated heterocycles. The predicted octanol–water partition coefficient (Wildman–Crippen LogP) is 0.682. The van der Waals surface area contributed by atoms with E-state index in [0.29, 0.717) is 15.6 Å². The molecule has 2 rings (SSSR count). The molecule has 0 saturated carbocycles. The minimum Gasteiger partial charge on any atom is -0.322 e. The molecule has 7 heteroatoms. The van der Waals surface area contributed by atoms with Gasteiger partial charge in [-0.3, -0.25) is 0 Å². The van der Waals surface area contributed by atoms with E-state index in [4.69, 9.17) is 5.73 Å². The van der Waals surface area contributed by atoms with E-state index >= 15 is 0 Å². The Kier molecular flexibility index (Phi) is 2.91. The number of halogens is 1. The monoisotopic (exact) mass is 316 g/mol. The van der Waals surface area contributed by atoms with Crippen LogP contribution < -0.4 is 5.73 Å². The SMILES string of the molecule is CC(N)c1nc(I)nn1-c1ncccn1. The first-order valence-electron chi connectivity index (χ1n) is 4.34. The summed E-state index contributed by atoms with van der Waals surface area (Å²) in [5.41, 5.74) is 5.78. The normalized spacial score (nSPS) is 12.7. The largest absolute Gasteiger partial charge is 0.322 e. The van der Waals surface area contributed by atoms with Crippen LogP contribution in [0, 0.1) is 3.83 Å². The minimum atomic E-state index is -0.204. The third-order valence-electron chi connectivity index (χ3n) is 1.76. The van der Waals surface area contributed by atoms with E-state index in [1.165, 1.54) is 0 Å². The Hall–Kier alpha value is -1.09. The first kappa shape index (κ1) is 10.4. The average Bonchev–Trinajstić information content (AvgIpc) is 2.62. The van der Waals surface area contributed by atoms with Crippen molar-refractivity contribution in [3.8, 4) is 5.95 Å². The summed E-state index contributed by atoms with van der Waals surface area (Å²) in [6, 6.07) is 1.54. The van der Waals surface area contributed by atoms with Crippen LogP contribution in [-0.2, 0) is 0 Å². The molecule has 0 aromatic carbocycles. The Morgan fingerprint density at radius 1 is 1.40 bits per heavy atom. The van der Waals surface area contributed by atoms with E-state index in [0.717, 1.165) is 0 Å². The van der Waals surface area contributed by atoms with Crippen molar-refractivity contribution in [2.45, 2.75) is 13.0 Å². The number of hydrogen-bond acceptors (Lipinski definition) is 5. The van der Waals surface area contributed by atoms with Crippen molar-refractivity contribution in [1.29, 1.82) is 0 Å². The number of hydrogen-bond donors (Lipinski definition) is 1. The molecule has 1 unspecified atom stereocenters. The molecule has 6 nitrogen and oxygen atoms in total. The van der Waals surface area contributed by atoms with Gasteiger partial charge in [-0.05, 0) is 13.0 Å². The summed E-state index contributed by atoms with van der Waals surface area (Å²) in [5.74, 6) is 1.14. The first-order chi connectivity index (χ1) is 7.18. The molecule has 2 N–H and O–H groups in total. The molecule has 0 spiro atoms. The van der Waals surface area contributed by atoms with Gasteiger partial charge in [-0.2, -0.15) is 4.68 Å². The summed E-state index contributed by atoms with van der Waals surface area (Å²) in [6.07, 6.45) is 3.31. The summed E-state index contributed by atoms with van der Waals surface area (Å²) < 4.78 is 2.19. The van der Waals surface area contributed by atoms with Crippen LogP contribution in [0.5, 0.6) is 0 Å². The maximum atomic E-state index is 5.78. The maximum Gasteiger partial charge on any atom is 0.252 e. The molecule has 0 aliphatic rings. The summed E-state index contributed by atoms with van der Waals surface area (Å²) in [6.45, 7) is 1.85. The first-order valence-corrected chi connectivity index (χ1v) is 5.42. The van der Waals surface area contributed by atoms with Crippen molar-refractivity contribution in [1.82, 2.24) is 24.7 Å². The fourth-order valence-corrected chi connectivity index (χ4v) is 1.60. The molecule has 2 aromatic heterocycles. The number of nitrogens with two attached hydrogens (primary N) is 1. The number of rotatable bonds is 2. The highest BCUT2D eigenvalue weighted by Crippen LogP contribution is 2.11. The molecule has 2 aromatic rings. The van der Waals surface area contributed by atoms with Crippen LogP contribution in [0.3, 0.4) is 0 Å². The Morgan fingerprint density at radius 2 is 2.07 bits per heavy atom. The van der Waals surface area contributed by atoms with E-state index in [-0.39, 0.29) is 6.04 Å². The zero-order chi connectivity index (χ0) is 10.8. The zero-order valence-electron chi connectivity index (χ0n) is 8.00. The maximum absolute atomic E-state index is 5.78. The quantitative estimate of drug-likeness (QED) is 0.824. The van der Waals surface area contributed by atoms with Crippen molar-refractivity contribution in [3.05, 3.63) is 28.1 Å². The van der Waals surface area contributed by atoms with Gasteiger partial charge in [0.05, 0.1) is 6.04 Å². The van der Waals surface area contributed by atoms with Crippen molar-refractivity contribution in [3.63, 3.8) is 0 Å². The summed E-state index contributed by atoms with van der Waals surface area (Å²) in [4.78, 5) is 12.4. The lowest BCUT2D eigenvalue weighted by molar-refractivity contribution is 0.668. The average molecular weight is 316 g/mol. The van der Waals surface area contributed by atoms with Crippen LogP contribution in [0.4, 0.5) is 0 Å². The second-order valence-electron chi connectivity index (χ2n) is 2.99. The van der Waals surface area contributed by atoms with E-state index in [2.05, 4.69) is 20.1 Å². The van der Waals surface area contributed by atoms with Gasteiger partial charge in [-0.15, -0.1) is 5.10 Å². The van der Waals surface area contributed by atoms with Gasteiger partial charge in [-0.25, -0.2) is 15.0 Å². The summed E-state index contributed by atoms with van der Waals surface area (Å²) in [5, 5.41) is 4.19. The lowest BCUT2D eigenvalue weighted by Crippen LogP contribution is -2.14. The summed E-state index contributed by atoms with van der Waals surface area (Å²) in [7, 11) is 0. The molecule has 1 atom stereocenters. The molecule has 0 radical (unpaired) electrons. The van der Waals surface area contributed by atoms with Crippen molar-refractivity contribution in [2.75, 3.05) is 0 Å². The Labute approximate surface area is 100 Å². The molecule has 0 fully saturated rings. The molecule has 0 aliphatic heterocycles. The molecular formula is C8H9IN6. The topological polar surface area (TPSA) is 82.5 Å². The predicted molar refractivity (Wildman–Crippen MR) is 62.3 cm³/mol. The molecule has 0 amide bonds. The van der Waals surface area contributed by atoms with Gasteiger partial charge in [0.25, 0.3) is 5.95 Å². The van der Waals surface area contributed by atoms with Gasteiger partial charge in [0, 0.05) is 35.0 Å². The second-order valence-corrected chi connectivity index (χ2v) is 3.95. The second kappa shape index (κ2) is 4.19. The van der Waals surface area contributed by atoms with Crippen LogP contribution in [0.1, 0.15) is 18.8 Å².